The molecular weight excluding hydrogens is 266 g/mol. The molecule has 0 aliphatic heterocycles. The SMILES string of the molecule is CCc1nc(NN)c(C)c(Oc2cc(F)cc(F)c2)n1. The van der Waals surface area contributed by atoms with E-state index in [4.69, 9.17) is 10.6 Å². The highest BCUT2D eigenvalue weighted by Crippen LogP contribution is 2.27. The first-order chi connectivity index (χ1) is 9.53. The van der Waals surface area contributed by atoms with E-state index in [0.29, 0.717) is 23.6 Å². The van der Waals surface area contributed by atoms with E-state index in [9.17, 15) is 8.78 Å². The van der Waals surface area contributed by atoms with Gasteiger partial charge in [0, 0.05) is 24.6 Å². The zero-order valence-electron chi connectivity index (χ0n) is 11.1. The first kappa shape index (κ1) is 14.1. The van der Waals surface area contributed by atoms with Gasteiger partial charge in [0.25, 0.3) is 0 Å². The lowest BCUT2D eigenvalue weighted by atomic mass is 10.3. The summed E-state index contributed by atoms with van der Waals surface area (Å²) in [5, 5.41) is 0. The monoisotopic (exact) mass is 280 g/mol. The van der Waals surface area contributed by atoms with Crippen LogP contribution >= 0.6 is 0 Å². The van der Waals surface area contributed by atoms with Crippen LogP contribution in [0.25, 0.3) is 0 Å². The van der Waals surface area contributed by atoms with Gasteiger partial charge in [0.2, 0.25) is 5.88 Å². The minimum atomic E-state index is -0.723. The van der Waals surface area contributed by atoms with Gasteiger partial charge in [0.1, 0.15) is 29.0 Å². The second-order valence-electron chi connectivity index (χ2n) is 4.12. The van der Waals surface area contributed by atoms with Crippen LogP contribution < -0.4 is 16.0 Å². The fraction of sp³-hybridized carbons (Fsp3) is 0.231. The lowest BCUT2D eigenvalue weighted by Crippen LogP contribution is -2.13. The van der Waals surface area contributed by atoms with Gasteiger partial charge in [-0.15, -0.1) is 0 Å². The molecule has 20 heavy (non-hydrogen) atoms. The number of nitrogens with zero attached hydrogens (tertiary/aromatic N) is 2. The Bertz CT molecular complexity index is 614. The molecule has 0 spiro atoms. The van der Waals surface area contributed by atoms with E-state index in [-0.39, 0.29) is 11.6 Å². The van der Waals surface area contributed by atoms with Gasteiger partial charge in [0.15, 0.2) is 0 Å². The number of rotatable bonds is 4. The normalized spacial score (nSPS) is 10.4. The van der Waals surface area contributed by atoms with Crippen LogP contribution in [0.5, 0.6) is 11.6 Å². The number of ether oxygens (including phenoxy) is 1. The van der Waals surface area contributed by atoms with Crippen LogP contribution in [-0.4, -0.2) is 9.97 Å². The quantitative estimate of drug-likeness (QED) is 0.665. The molecule has 0 saturated heterocycles. The van der Waals surface area contributed by atoms with Crippen molar-refractivity contribution in [1.82, 2.24) is 9.97 Å². The molecular formula is C13H14F2N4O. The molecule has 0 fully saturated rings. The summed E-state index contributed by atoms with van der Waals surface area (Å²) in [5.41, 5.74) is 2.99. The summed E-state index contributed by atoms with van der Waals surface area (Å²) in [4.78, 5) is 8.35. The molecule has 106 valence electrons. The van der Waals surface area contributed by atoms with Crippen molar-refractivity contribution in [3.8, 4) is 11.6 Å². The molecule has 3 N–H and O–H groups in total. The highest BCUT2D eigenvalue weighted by atomic mass is 19.1. The highest BCUT2D eigenvalue weighted by Gasteiger charge is 2.12. The van der Waals surface area contributed by atoms with Crippen LogP contribution in [0.1, 0.15) is 18.3 Å². The van der Waals surface area contributed by atoms with Crippen LogP contribution in [-0.2, 0) is 6.42 Å². The molecule has 0 saturated carbocycles. The topological polar surface area (TPSA) is 73.1 Å². The van der Waals surface area contributed by atoms with Crippen molar-refractivity contribution in [3.63, 3.8) is 0 Å². The molecule has 0 amide bonds. The van der Waals surface area contributed by atoms with Crippen LogP contribution in [0.2, 0.25) is 0 Å². The molecule has 0 aliphatic rings. The second kappa shape index (κ2) is 5.79. The van der Waals surface area contributed by atoms with Crippen LogP contribution in [0.15, 0.2) is 18.2 Å². The number of anilines is 1. The van der Waals surface area contributed by atoms with Gasteiger partial charge in [-0.25, -0.2) is 19.6 Å². The minimum Gasteiger partial charge on any atom is -0.438 e. The number of hydrogen-bond donors (Lipinski definition) is 2. The first-order valence-corrected chi connectivity index (χ1v) is 6.01. The van der Waals surface area contributed by atoms with E-state index >= 15 is 0 Å². The van der Waals surface area contributed by atoms with Crippen LogP contribution in [0.4, 0.5) is 14.6 Å². The van der Waals surface area contributed by atoms with Crippen molar-refractivity contribution in [2.75, 3.05) is 5.43 Å². The largest absolute Gasteiger partial charge is 0.438 e. The molecule has 2 aromatic rings. The van der Waals surface area contributed by atoms with Gasteiger partial charge < -0.3 is 10.2 Å². The third-order valence-electron chi connectivity index (χ3n) is 2.65. The summed E-state index contributed by atoms with van der Waals surface area (Å²) in [6.45, 7) is 3.57. The molecule has 5 nitrogen and oxygen atoms in total. The van der Waals surface area contributed by atoms with E-state index in [2.05, 4.69) is 15.4 Å². The highest BCUT2D eigenvalue weighted by molar-refractivity contribution is 5.48. The Morgan fingerprint density at radius 3 is 2.40 bits per heavy atom. The number of hydrazine groups is 1. The molecule has 1 heterocycles. The molecule has 2 rings (SSSR count). The number of halogens is 2. The minimum absolute atomic E-state index is 0.0225. The number of nitrogens with two attached hydrogens (primary N) is 1. The van der Waals surface area contributed by atoms with E-state index < -0.39 is 11.6 Å². The zero-order valence-corrected chi connectivity index (χ0v) is 11.1. The van der Waals surface area contributed by atoms with Gasteiger partial charge in [-0.3, -0.25) is 0 Å². The van der Waals surface area contributed by atoms with Crippen molar-refractivity contribution in [3.05, 3.63) is 41.2 Å². The van der Waals surface area contributed by atoms with Crippen molar-refractivity contribution < 1.29 is 13.5 Å². The lowest BCUT2D eigenvalue weighted by molar-refractivity contribution is 0.444. The van der Waals surface area contributed by atoms with E-state index in [0.717, 1.165) is 18.2 Å². The fourth-order valence-electron chi connectivity index (χ4n) is 1.64. The number of nitrogens with one attached hydrogen (secondary N) is 1. The number of nitrogen functional groups attached to an aromatic ring is 1. The molecule has 7 heteroatoms. The second-order valence-corrected chi connectivity index (χ2v) is 4.12. The van der Waals surface area contributed by atoms with E-state index in [1.807, 2.05) is 6.92 Å². The lowest BCUT2D eigenvalue weighted by Gasteiger charge is -2.12. The van der Waals surface area contributed by atoms with Gasteiger partial charge in [-0.2, -0.15) is 4.98 Å². The summed E-state index contributed by atoms with van der Waals surface area (Å²) in [7, 11) is 0. The Kier molecular flexibility index (Phi) is 4.09. The van der Waals surface area contributed by atoms with Gasteiger partial charge >= 0.3 is 0 Å². The fourth-order valence-corrected chi connectivity index (χ4v) is 1.64. The van der Waals surface area contributed by atoms with Gasteiger partial charge in [0.05, 0.1) is 5.56 Å². The molecule has 0 unspecified atom stereocenters. The number of benzene rings is 1. The summed E-state index contributed by atoms with van der Waals surface area (Å²) >= 11 is 0. The third kappa shape index (κ3) is 3.00. The van der Waals surface area contributed by atoms with Crippen molar-refractivity contribution in [1.29, 1.82) is 0 Å². The summed E-state index contributed by atoms with van der Waals surface area (Å²) in [6, 6.07) is 2.92. The Hall–Kier alpha value is -2.28. The van der Waals surface area contributed by atoms with Crippen LogP contribution in [0, 0.1) is 18.6 Å². The Morgan fingerprint density at radius 1 is 1.20 bits per heavy atom. The van der Waals surface area contributed by atoms with Gasteiger partial charge in [-0.1, -0.05) is 6.92 Å². The maximum atomic E-state index is 13.1. The molecule has 1 aromatic carbocycles. The Morgan fingerprint density at radius 2 is 1.85 bits per heavy atom. The smallest absolute Gasteiger partial charge is 0.227 e. The number of hydrogen-bond acceptors (Lipinski definition) is 5. The van der Waals surface area contributed by atoms with Crippen molar-refractivity contribution in [2.24, 2.45) is 5.84 Å². The number of aryl methyl sites for hydroxylation is 1. The molecule has 0 aliphatic carbocycles. The van der Waals surface area contributed by atoms with Crippen molar-refractivity contribution >= 4 is 5.82 Å². The van der Waals surface area contributed by atoms with Crippen molar-refractivity contribution in [2.45, 2.75) is 20.3 Å². The van der Waals surface area contributed by atoms with E-state index in [1.165, 1.54) is 0 Å². The first-order valence-electron chi connectivity index (χ1n) is 6.01. The summed E-state index contributed by atoms with van der Waals surface area (Å²) < 4.78 is 31.7. The Labute approximate surface area is 114 Å². The molecule has 0 radical (unpaired) electrons. The van der Waals surface area contributed by atoms with Gasteiger partial charge in [-0.05, 0) is 6.92 Å². The predicted octanol–water partition coefficient (Wildman–Crippen LogP) is 2.70. The van der Waals surface area contributed by atoms with E-state index in [1.54, 1.807) is 6.92 Å². The molecule has 1 aromatic heterocycles. The average molecular weight is 280 g/mol. The van der Waals surface area contributed by atoms with Crippen LogP contribution in [0.3, 0.4) is 0 Å². The predicted molar refractivity (Wildman–Crippen MR) is 70.4 cm³/mol. The molecule has 0 bridgehead atoms. The zero-order chi connectivity index (χ0) is 14.7. The maximum Gasteiger partial charge on any atom is 0.227 e. The standard InChI is InChI=1S/C13H14F2N4O/c1-3-11-17-12(19-16)7(2)13(18-11)20-10-5-8(14)4-9(15)6-10/h4-6H,3,16H2,1-2H3,(H,17,18,19). The third-order valence-corrected chi connectivity index (χ3v) is 2.65. The summed E-state index contributed by atoms with van der Waals surface area (Å²) in [6.07, 6.45) is 0.572. The Balaban J connectivity index is 2.41. The maximum absolute atomic E-state index is 13.1. The summed E-state index contributed by atoms with van der Waals surface area (Å²) in [5.74, 6) is 5.07. The molecule has 0 atom stereocenters. The average Bonchev–Trinajstić information content (AvgIpc) is 2.40. The number of aromatic nitrogens is 2.